The molecular formula is C17H24N2. The molecule has 0 aromatic heterocycles. The predicted molar refractivity (Wildman–Crippen MR) is 79.2 cm³/mol. The van der Waals surface area contributed by atoms with Crippen molar-refractivity contribution in [1.82, 2.24) is 4.90 Å². The number of rotatable bonds is 1. The fraction of sp³-hybridized carbons (Fsp3) is 0.588. The van der Waals surface area contributed by atoms with Crippen LogP contribution in [0.15, 0.2) is 24.3 Å². The molecule has 0 unspecified atom stereocenters. The van der Waals surface area contributed by atoms with Crippen molar-refractivity contribution in [2.45, 2.75) is 44.4 Å². The maximum atomic E-state index is 9.64. The molecule has 0 atom stereocenters. The minimum Gasteiger partial charge on any atom is -0.306 e. The van der Waals surface area contributed by atoms with Gasteiger partial charge in [0.05, 0.1) is 11.5 Å². The van der Waals surface area contributed by atoms with Crippen LogP contribution < -0.4 is 0 Å². The molecule has 0 amide bonds. The van der Waals surface area contributed by atoms with E-state index in [4.69, 9.17) is 0 Å². The maximum absolute atomic E-state index is 9.64. The molecule has 19 heavy (non-hydrogen) atoms. The fourth-order valence-electron chi connectivity index (χ4n) is 2.75. The number of hydrogen-bond acceptors (Lipinski definition) is 2. The summed E-state index contributed by atoms with van der Waals surface area (Å²) in [5.74, 6) is 0. The molecule has 0 spiro atoms. The smallest absolute Gasteiger partial charge is 0.0846 e. The Balaban J connectivity index is 2.28. The molecule has 2 heteroatoms. The Bertz CT molecular complexity index is 465. The summed E-state index contributed by atoms with van der Waals surface area (Å²) in [5.41, 5.74) is 2.42. The number of nitriles is 1. The highest BCUT2D eigenvalue weighted by molar-refractivity contribution is 5.37. The van der Waals surface area contributed by atoms with E-state index < -0.39 is 0 Å². The number of benzene rings is 1. The van der Waals surface area contributed by atoms with Crippen LogP contribution in [0.3, 0.4) is 0 Å². The van der Waals surface area contributed by atoms with Gasteiger partial charge in [-0.05, 0) is 49.5 Å². The first kappa shape index (κ1) is 14.1. The lowest BCUT2D eigenvalue weighted by molar-refractivity contribution is 0.222. The van der Waals surface area contributed by atoms with Gasteiger partial charge >= 0.3 is 0 Å². The van der Waals surface area contributed by atoms with Crippen molar-refractivity contribution < 1.29 is 0 Å². The van der Waals surface area contributed by atoms with Gasteiger partial charge in [0.25, 0.3) is 0 Å². The highest BCUT2D eigenvalue weighted by Gasteiger charge is 2.35. The molecule has 0 N–H and O–H groups in total. The lowest BCUT2D eigenvalue weighted by Gasteiger charge is -2.36. The van der Waals surface area contributed by atoms with Crippen molar-refractivity contribution in [3.63, 3.8) is 0 Å². The van der Waals surface area contributed by atoms with Crippen LogP contribution in [0.1, 0.15) is 44.7 Å². The second-order valence-electron chi connectivity index (χ2n) is 6.82. The van der Waals surface area contributed by atoms with E-state index in [1.54, 1.807) is 0 Å². The van der Waals surface area contributed by atoms with Gasteiger partial charge in [-0.2, -0.15) is 5.26 Å². The Morgan fingerprint density at radius 2 is 1.63 bits per heavy atom. The third-order valence-corrected chi connectivity index (χ3v) is 4.36. The molecule has 1 aromatic carbocycles. The SMILES string of the molecule is CN1CCC(C#N)(c2ccc(C(C)(C)C)cc2)CC1. The van der Waals surface area contributed by atoms with E-state index >= 15 is 0 Å². The molecule has 0 radical (unpaired) electrons. The average Bonchev–Trinajstić information content (AvgIpc) is 2.39. The minimum atomic E-state index is -0.275. The summed E-state index contributed by atoms with van der Waals surface area (Å²) in [5, 5.41) is 9.64. The van der Waals surface area contributed by atoms with Crippen LogP contribution in [0.25, 0.3) is 0 Å². The predicted octanol–water partition coefficient (Wildman–Crippen LogP) is 3.47. The van der Waals surface area contributed by atoms with Gasteiger partial charge in [0.1, 0.15) is 0 Å². The van der Waals surface area contributed by atoms with Gasteiger partial charge in [-0.1, -0.05) is 45.0 Å². The van der Waals surface area contributed by atoms with E-state index in [9.17, 15) is 5.26 Å². The first-order chi connectivity index (χ1) is 8.87. The third kappa shape index (κ3) is 2.82. The number of likely N-dealkylation sites (tertiary alicyclic amines) is 1. The Hall–Kier alpha value is -1.33. The molecule has 1 saturated heterocycles. The second-order valence-corrected chi connectivity index (χ2v) is 6.82. The summed E-state index contributed by atoms with van der Waals surface area (Å²) in [6, 6.07) is 11.3. The number of piperidine rings is 1. The molecular weight excluding hydrogens is 232 g/mol. The monoisotopic (exact) mass is 256 g/mol. The van der Waals surface area contributed by atoms with Crippen LogP contribution in [0.4, 0.5) is 0 Å². The van der Waals surface area contributed by atoms with Gasteiger partial charge in [-0.3, -0.25) is 0 Å². The summed E-state index contributed by atoms with van der Waals surface area (Å²) in [7, 11) is 2.13. The lowest BCUT2D eigenvalue weighted by atomic mass is 9.73. The molecule has 102 valence electrons. The van der Waals surface area contributed by atoms with Crippen LogP contribution in [-0.2, 0) is 10.8 Å². The van der Waals surface area contributed by atoms with Gasteiger partial charge < -0.3 is 4.90 Å². The summed E-state index contributed by atoms with van der Waals surface area (Å²) in [4.78, 5) is 2.30. The van der Waals surface area contributed by atoms with E-state index in [1.165, 1.54) is 11.1 Å². The normalized spacial score (nSPS) is 19.9. The molecule has 0 bridgehead atoms. The highest BCUT2D eigenvalue weighted by Crippen LogP contribution is 2.35. The zero-order valence-corrected chi connectivity index (χ0v) is 12.5. The van der Waals surface area contributed by atoms with E-state index in [2.05, 4.69) is 63.1 Å². The standard InChI is InChI=1S/C17H24N2/c1-16(2,3)14-5-7-15(8-6-14)17(13-18)9-11-19(4)12-10-17/h5-8H,9-12H2,1-4H3. The first-order valence-corrected chi connectivity index (χ1v) is 7.08. The van der Waals surface area contributed by atoms with Crippen LogP contribution in [0.5, 0.6) is 0 Å². The number of nitrogens with zero attached hydrogens (tertiary/aromatic N) is 2. The van der Waals surface area contributed by atoms with Gasteiger partial charge in [-0.15, -0.1) is 0 Å². The molecule has 1 fully saturated rings. The molecule has 0 saturated carbocycles. The fourth-order valence-corrected chi connectivity index (χ4v) is 2.75. The zero-order chi connectivity index (χ0) is 14.1. The van der Waals surface area contributed by atoms with Crippen LogP contribution >= 0.6 is 0 Å². The Morgan fingerprint density at radius 1 is 1.11 bits per heavy atom. The van der Waals surface area contributed by atoms with E-state index in [0.717, 1.165) is 25.9 Å². The first-order valence-electron chi connectivity index (χ1n) is 7.08. The van der Waals surface area contributed by atoms with E-state index in [-0.39, 0.29) is 10.8 Å². The van der Waals surface area contributed by atoms with Crippen molar-refractivity contribution in [2.75, 3.05) is 20.1 Å². The van der Waals surface area contributed by atoms with E-state index in [0.29, 0.717) is 0 Å². The van der Waals surface area contributed by atoms with Crippen molar-refractivity contribution in [2.24, 2.45) is 0 Å². The summed E-state index contributed by atoms with van der Waals surface area (Å²) >= 11 is 0. The topological polar surface area (TPSA) is 27.0 Å². The lowest BCUT2D eigenvalue weighted by Crippen LogP contribution is -2.39. The quantitative estimate of drug-likeness (QED) is 0.769. The zero-order valence-electron chi connectivity index (χ0n) is 12.5. The van der Waals surface area contributed by atoms with Crippen LogP contribution in [-0.4, -0.2) is 25.0 Å². The Morgan fingerprint density at radius 3 is 2.05 bits per heavy atom. The van der Waals surface area contributed by atoms with Gasteiger partial charge in [0.15, 0.2) is 0 Å². The molecule has 2 rings (SSSR count). The van der Waals surface area contributed by atoms with Crippen molar-refractivity contribution >= 4 is 0 Å². The summed E-state index contributed by atoms with van der Waals surface area (Å²) in [6.07, 6.45) is 1.88. The molecule has 1 aliphatic heterocycles. The van der Waals surface area contributed by atoms with Crippen LogP contribution in [0.2, 0.25) is 0 Å². The molecule has 1 aromatic rings. The highest BCUT2D eigenvalue weighted by atomic mass is 15.1. The van der Waals surface area contributed by atoms with E-state index in [1.807, 2.05) is 0 Å². The van der Waals surface area contributed by atoms with Crippen molar-refractivity contribution in [3.05, 3.63) is 35.4 Å². The number of hydrogen-bond donors (Lipinski definition) is 0. The van der Waals surface area contributed by atoms with Gasteiger partial charge in [0.2, 0.25) is 0 Å². The molecule has 0 aliphatic carbocycles. The largest absolute Gasteiger partial charge is 0.306 e. The van der Waals surface area contributed by atoms with Crippen molar-refractivity contribution in [3.8, 4) is 6.07 Å². The molecule has 2 nitrogen and oxygen atoms in total. The maximum Gasteiger partial charge on any atom is 0.0846 e. The average molecular weight is 256 g/mol. The van der Waals surface area contributed by atoms with Crippen LogP contribution in [0, 0.1) is 11.3 Å². The summed E-state index contributed by atoms with van der Waals surface area (Å²) in [6.45, 7) is 8.68. The minimum absolute atomic E-state index is 0.172. The Kier molecular flexibility index (Phi) is 3.69. The van der Waals surface area contributed by atoms with Gasteiger partial charge in [0, 0.05) is 0 Å². The molecule has 1 aliphatic rings. The Labute approximate surface area is 117 Å². The molecule has 1 heterocycles. The third-order valence-electron chi connectivity index (χ3n) is 4.36. The second kappa shape index (κ2) is 4.98. The van der Waals surface area contributed by atoms with Gasteiger partial charge in [-0.25, -0.2) is 0 Å². The summed E-state index contributed by atoms with van der Waals surface area (Å²) < 4.78 is 0. The van der Waals surface area contributed by atoms with Crippen molar-refractivity contribution in [1.29, 1.82) is 5.26 Å².